The summed E-state index contributed by atoms with van der Waals surface area (Å²) in [4.78, 5) is 24.4. The molecule has 2 aromatic rings. The van der Waals surface area contributed by atoms with Crippen LogP contribution in [0, 0.1) is 0 Å². The number of aromatic carboxylic acids is 1. The van der Waals surface area contributed by atoms with Gasteiger partial charge in [-0.05, 0) is 18.2 Å². The lowest BCUT2D eigenvalue weighted by molar-refractivity contribution is -0.138. The molecule has 1 amide bonds. The summed E-state index contributed by atoms with van der Waals surface area (Å²) in [6, 6.07) is 7.52. The molecule has 0 bridgehead atoms. The number of thioether (sulfide) groups is 1. The number of rotatable bonds is 6. The van der Waals surface area contributed by atoms with Gasteiger partial charge < -0.3 is 14.4 Å². The predicted molar refractivity (Wildman–Crippen MR) is 84.7 cm³/mol. The van der Waals surface area contributed by atoms with Gasteiger partial charge in [0.25, 0.3) is 5.91 Å². The van der Waals surface area contributed by atoms with E-state index in [1.807, 2.05) is 0 Å². The molecular weight excluding hydrogens is 359 g/mol. The third-order valence-electron chi connectivity index (χ3n) is 3.22. The highest BCUT2D eigenvalue weighted by atomic mass is 32.2. The number of nitrogens with zero attached hydrogens (tertiary/aromatic N) is 1. The number of carbonyl (C=O) groups excluding carboxylic acids is 1. The molecule has 1 aromatic heterocycles. The molecule has 0 saturated carbocycles. The Bertz CT molecular complexity index is 773. The number of carbonyl (C=O) groups is 2. The zero-order chi connectivity index (χ0) is 18.6. The van der Waals surface area contributed by atoms with E-state index in [0.717, 1.165) is 18.8 Å². The van der Waals surface area contributed by atoms with Gasteiger partial charge in [0.15, 0.2) is 0 Å². The second kappa shape index (κ2) is 7.64. The molecule has 1 heterocycles. The molecule has 0 spiro atoms. The van der Waals surface area contributed by atoms with Crippen LogP contribution in [0.4, 0.5) is 13.2 Å². The summed E-state index contributed by atoms with van der Waals surface area (Å²) in [5.74, 6) is -1.57. The minimum atomic E-state index is -4.49. The summed E-state index contributed by atoms with van der Waals surface area (Å²) in [6.07, 6.45) is -3.25. The third kappa shape index (κ3) is 5.02. The van der Waals surface area contributed by atoms with Crippen LogP contribution < -0.4 is 0 Å². The van der Waals surface area contributed by atoms with E-state index in [2.05, 4.69) is 0 Å². The molecule has 0 radical (unpaired) electrons. The second-order valence-corrected chi connectivity index (χ2v) is 6.14. The van der Waals surface area contributed by atoms with Crippen LogP contribution in [0.1, 0.15) is 26.5 Å². The van der Waals surface area contributed by atoms with Crippen LogP contribution in [0.2, 0.25) is 0 Å². The number of halogens is 3. The second-order valence-electron chi connectivity index (χ2n) is 5.12. The Morgan fingerprint density at radius 3 is 2.52 bits per heavy atom. The molecule has 1 N–H and O–H groups in total. The fraction of sp³-hybridized carbons (Fsp3) is 0.250. The van der Waals surface area contributed by atoms with Crippen molar-refractivity contribution in [3.05, 3.63) is 53.5 Å². The molecule has 9 heteroatoms. The third-order valence-corrected chi connectivity index (χ3v) is 4.29. The quantitative estimate of drug-likeness (QED) is 0.778. The number of benzene rings is 1. The van der Waals surface area contributed by atoms with Crippen molar-refractivity contribution >= 4 is 23.6 Å². The Labute approximate surface area is 145 Å². The summed E-state index contributed by atoms with van der Waals surface area (Å²) in [5.41, 5.74) is 0.119. The summed E-state index contributed by atoms with van der Waals surface area (Å²) in [6.45, 7) is -1.35. The molecule has 25 heavy (non-hydrogen) atoms. The molecular formula is C16H14F3NO4S. The molecule has 0 unspecified atom stereocenters. The van der Waals surface area contributed by atoms with Crippen LogP contribution in [-0.4, -0.2) is 41.7 Å². The first-order valence-electron chi connectivity index (χ1n) is 7.02. The van der Waals surface area contributed by atoms with Gasteiger partial charge in [-0.15, -0.1) is 11.8 Å². The van der Waals surface area contributed by atoms with Gasteiger partial charge in [0.1, 0.15) is 17.9 Å². The lowest BCUT2D eigenvalue weighted by Gasteiger charge is -2.20. The zero-order valence-electron chi connectivity index (χ0n) is 13.0. The average Bonchev–Trinajstić information content (AvgIpc) is 2.99. The molecule has 0 aliphatic rings. The van der Waals surface area contributed by atoms with Crippen molar-refractivity contribution in [3.8, 4) is 0 Å². The van der Waals surface area contributed by atoms with Crippen molar-refractivity contribution in [3.63, 3.8) is 0 Å². The maximum Gasteiger partial charge on any atom is 0.406 e. The maximum atomic E-state index is 12.5. The predicted octanol–water partition coefficient (Wildman–Crippen LogP) is 3.90. The summed E-state index contributed by atoms with van der Waals surface area (Å²) >= 11 is 1.11. The van der Waals surface area contributed by atoms with Gasteiger partial charge in [-0.1, -0.05) is 12.1 Å². The van der Waals surface area contributed by atoms with Crippen LogP contribution in [0.15, 0.2) is 45.9 Å². The number of amides is 1. The van der Waals surface area contributed by atoms with Crippen LogP contribution in [0.5, 0.6) is 0 Å². The van der Waals surface area contributed by atoms with Gasteiger partial charge in [-0.2, -0.15) is 13.2 Å². The highest BCUT2D eigenvalue weighted by Crippen LogP contribution is 2.29. The van der Waals surface area contributed by atoms with Gasteiger partial charge in [0, 0.05) is 11.9 Å². The van der Waals surface area contributed by atoms with E-state index in [1.54, 1.807) is 18.2 Å². The van der Waals surface area contributed by atoms with Crippen molar-refractivity contribution in [2.45, 2.75) is 16.8 Å². The SMILES string of the molecule is CN(CC(F)(F)F)C(=O)c1ccccc1SCc1occc1C(=O)O. The molecule has 5 nitrogen and oxygen atoms in total. The first-order chi connectivity index (χ1) is 11.7. The molecule has 1 aromatic carbocycles. The number of furan rings is 1. The smallest absolute Gasteiger partial charge is 0.406 e. The fourth-order valence-electron chi connectivity index (χ4n) is 2.10. The molecule has 0 aliphatic carbocycles. The Kier molecular flexibility index (Phi) is 5.78. The van der Waals surface area contributed by atoms with Crippen molar-refractivity contribution in [2.24, 2.45) is 0 Å². The number of carboxylic acid groups (broad SMARTS) is 1. The van der Waals surface area contributed by atoms with Gasteiger partial charge in [0.2, 0.25) is 0 Å². The standard InChI is InChI=1S/C16H14F3NO4S/c1-20(9-16(17,18)19)14(21)11-4-2-3-5-13(11)25-8-12-10(15(22)23)6-7-24-12/h2-7H,8-9H2,1H3,(H,22,23). The molecule has 2 rings (SSSR count). The number of hydrogen-bond donors (Lipinski definition) is 1. The molecule has 0 fully saturated rings. The van der Waals surface area contributed by atoms with Crippen molar-refractivity contribution in [2.75, 3.05) is 13.6 Å². The molecule has 0 atom stereocenters. The van der Waals surface area contributed by atoms with E-state index in [4.69, 9.17) is 9.52 Å². The minimum absolute atomic E-state index is 0.00509. The van der Waals surface area contributed by atoms with E-state index in [1.165, 1.54) is 18.4 Å². The van der Waals surface area contributed by atoms with E-state index in [0.29, 0.717) is 9.80 Å². The van der Waals surface area contributed by atoms with Gasteiger partial charge in [0.05, 0.1) is 17.6 Å². The normalized spacial score (nSPS) is 11.4. The average molecular weight is 373 g/mol. The largest absolute Gasteiger partial charge is 0.478 e. The molecule has 0 aliphatic heterocycles. The maximum absolute atomic E-state index is 12.5. The number of alkyl halides is 3. The van der Waals surface area contributed by atoms with Gasteiger partial charge in [-0.25, -0.2) is 4.79 Å². The minimum Gasteiger partial charge on any atom is -0.478 e. The Hall–Kier alpha value is -2.42. The van der Waals surface area contributed by atoms with Crippen LogP contribution in [0.25, 0.3) is 0 Å². The topological polar surface area (TPSA) is 70.8 Å². The van der Waals surface area contributed by atoms with E-state index in [9.17, 15) is 22.8 Å². The van der Waals surface area contributed by atoms with E-state index < -0.39 is 24.6 Å². The fourth-order valence-corrected chi connectivity index (χ4v) is 3.10. The lowest BCUT2D eigenvalue weighted by Crippen LogP contribution is -2.36. The lowest BCUT2D eigenvalue weighted by atomic mass is 10.2. The number of carboxylic acids is 1. The summed E-state index contributed by atoms with van der Waals surface area (Å²) < 4.78 is 42.5. The zero-order valence-corrected chi connectivity index (χ0v) is 13.9. The Balaban J connectivity index is 2.16. The van der Waals surface area contributed by atoms with Crippen molar-refractivity contribution in [1.29, 1.82) is 0 Å². The van der Waals surface area contributed by atoms with Crippen molar-refractivity contribution < 1.29 is 32.3 Å². The van der Waals surface area contributed by atoms with Crippen LogP contribution in [0.3, 0.4) is 0 Å². The molecule has 0 saturated heterocycles. The summed E-state index contributed by atoms with van der Waals surface area (Å²) in [7, 11) is 1.08. The first kappa shape index (κ1) is 18.9. The van der Waals surface area contributed by atoms with Gasteiger partial charge >= 0.3 is 12.1 Å². The summed E-state index contributed by atoms with van der Waals surface area (Å²) in [5, 5.41) is 9.04. The van der Waals surface area contributed by atoms with Crippen molar-refractivity contribution in [1.82, 2.24) is 4.90 Å². The van der Waals surface area contributed by atoms with Crippen LogP contribution in [-0.2, 0) is 5.75 Å². The first-order valence-corrected chi connectivity index (χ1v) is 8.01. The molecule has 134 valence electrons. The van der Waals surface area contributed by atoms with E-state index in [-0.39, 0.29) is 22.6 Å². The van der Waals surface area contributed by atoms with Gasteiger partial charge in [-0.3, -0.25) is 4.79 Å². The van der Waals surface area contributed by atoms with E-state index >= 15 is 0 Å². The number of hydrogen-bond acceptors (Lipinski definition) is 4. The Morgan fingerprint density at radius 1 is 1.20 bits per heavy atom. The van der Waals surface area contributed by atoms with Crippen LogP contribution >= 0.6 is 11.8 Å². The monoisotopic (exact) mass is 373 g/mol. The highest BCUT2D eigenvalue weighted by Gasteiger charge is 2.32. The Morgan fingerprint density at radius 2 is 1.88 bits per heavy atom. The highest BCUT2D eigenvalue weighted by molar-refractivity contribution is 7.98.